The van der Waals surface area contributed by atoms with Gasteiger partial charge in [-0.15, -0.1) is 11.3 Å². The van der Waals surface area contributed by atoms with Crippen LogP contribution in [0.4, 0.5) is 0 Å². The van der Waals surface area contributed by atoms with Crippen molar-refractivity contribution in [1.82, 2.24) is 5.43 Å². The van der Waals surface area contributed by atoms with Gasteiger partial charge < -0.3 is 4.74 Å². The average molecular weight is 367 g/mol. The summed E-state index contributed by atoms with van der Waals surface area (Å²) in [6, 6.07) is 11.3. The molecule has 0 atom stereocenters. The number of benzene rings is 1. The zero-order valence-electron chi connectivity index (χ0n) is 11.7. The summed E-state index contributed by atoms with van der Waals surface area (Å²) < 4.78 is 6.12. The van der Waals surface area contributed by atoms with Crippen molar-refractivity contribution in [2.45, 2.75) is 13.3 Å². The fourth-order valence-corrected chi connectivity index (χ4v) is 3.01. The molecule has 0 aliphatic heterocycles. The maximum Gasteiger partial charge on any atom is 0.244 e. The lowest BCUT2D eigenvalue weighted by atomic mass is 10.1. The predicted octanol–water partition coefficient (Wildman–Crippen LogP) is 3.60. The van der Waals surface area contributed by atoms with E-state index in [1.807, 2.05) is 43.3 Å². The van der Waals surface area contributed by atoms with E-state index in [2.05, 4.69) is 26.5 Å². The molecule has 110 valence electrons. The van der Waals surface area contributed by atoms with Crippen molar-refractivity contribution in [2.24, 2.45) is 5.10 Å². The standard InChI is InChI=1S/C15H15BrN2O2S/c1-10(13-7-8-14(16)21-13)17-18-15(19)9-11-3-5-12(20-2)6-4-11/h3-8H,9H2,1-2H3,(H,18,19)/b17-10+. The predicted molar refractivity (Wildman–Crippen MR) is 89.1 cm³/mol. The highest BCUT2D eigenvalue weighted by atomic mass is 79.9. The molecule has 6 heteroatoms. The van der Waals surface area contributed by atoms with Crippen LogP contribution in [-0.4, -0.2) is 18.7 Å². The number of ether oxygens (including phenoxy) is 1. The summed E-state index contributed by atoms with van der Waals surface area (Å²) >= 11 is 4.98. The Morgan fingerprint density at radius 2 is 2.00 bits per heavy atom. The molecule has 0 saturated heterocycles. The summed E-state index contributed by atoms with van der Waals surface area (Å²) in [6.07, 6.45) is 0.287. The van der Waals surface area contributed by atoms with Crippen LogP contribution >= 0.6 is 27.3 Å². The first-order chi connectivity index (χ1) is 10.1. The van der Waals surface area contributed by atoms with Gasteiger partial charge in [0.15, 0.2) is 0 Å². The monoisotopic (exact) mass is 366 g/mol. The van der Waals surface area contributed by atoms with Gasteiger partial charge in [-0.25, -0.2) is 5.43 Å². The number of rotatable bonds is 5. The smallest absolute Gasteiger partial charge is 0.244 e. The van der Waals surface area contributed by atoms with Crippen LogP contribution in [0.2, 0.25) is 0 Å². The molecular formula is C15H15BrN2O2S. The number of hydrogen-bond acceptors (Lipinski definition) is 4. The van der Waals surface area contributed by atoms with E-state index in [9.17, 15) is 4.79 Å². The third-order valence-corrected chi connectivity index (χ3v) is 4.53. The summed E-state index contributed by atoms with van der Waals surface area (Å²) in [5, 5.41) is 4.12. The molecule has 0 saturated carbocycles. The third kappa shape index (κ3) is 4.68. The van der Waals surface area contributed by atoms with Crippen LogP contribution in [0, 0.1) is 0 Å². The Balaban J connectivity index is 1.92. The fraction of sp³-hybridized carbons (Fsp3) is 0.200. The van der Waals surface area contributed by atoms with E-state index in [1.165, 1.54) is 0 Å². The van der Waals surface area contributed by atoms with Crippen molar-refractivity contribution in [3.8, 4) is 5.75 Å². The molecule has 0 bridgehead atoms. The topological polar surface area (TPSA) is 50.7 Å². The maximum atomic E-state index is 11.9. The second kappa shape index (κ2) is 7.38. The summed E-state index contributed by atoms with van der Waals surface area (Å²) in [7, 11) is 1.61. The minimum Gasteiger partial charge on any atom is -0.497 e. The van der Waals surface area contributed by atoms with Crippen LogP contribution in [-0.2, 0) is 11.2 Å². The van der Waals surface area contributed by atoms with Gasteiger partial charge in [-0.1, -0.05) is 12.1 Å². The number of hydrogen-bond donors (Lipinski definition) is 1. The number of nitrogens with one attached hydrogen (secondary N) is 1. The van der Waals surface area contributed by atoms with Crippen LogP contribution in [0.3, 0.4) is 0 Å². The van der Waals surface area contributed by atoms with Gasteiger partial charge in [0.1, 0.15) is 5.75 Å². The van der Waals surface area contributed by atoms with E-state index in [-0.39, 0.29) is 12.3 Å². The lowest BCUT2D eigenvalue weighted by Gasteiger charge is -2.03. The quantitative estimate of drug-likeness (QED) is 0.649. The van der Waals surface area contributed by atoms with E-state index < -0.39 is 0 Å². The number of carbonyl (C=O) groups is 1. The Morgan fingerprint density at radius 3 is 2.57 bits per heavy atom. The first-order valence-corrected chi connectivity index (χ1v) is 7.91. The minimum atomic E-state index is -0.143. The molecule has 0 spiro atoms. The van der Waals surface area contributed by atoms with Gasteiger partial charge in [-0.3, -0.25) is 4.79 Å². The maximum absolute atomic E-state index is 11.9. The second-order valence-electron chi connectivity index (χ2n) is 4.36. The summed E-state index contributed by atoms with van der Waals surface area (Å²) in [6.45, 7) is 1.87. The third-order valence-electron chi connectivity index (χ3n) is 2.80. The van der Waals surface area contributed by atoms with Gasteiger partial charge >= 0.3 is 0 Å². The van der Waals surface area contributed by atoms with Gasteiger partial charge in [0, 0.05) is 0 Å². The van der Waals surface area contributed by atoms with E-state index in [4.69, 9.17) is 4.74 Å². The Morgan fingerprint density at radius 1 is 1.29 bits per heavy atom. The minimum absolute atomic E-state index is 0.143. The average Bonchev–Trinajstić information content (AvgIpc) is 2.92. The summed E-state index contributed by atoms with van der Waals surface area (Å²) in [5.74, 6) is 0.631. The fourth-order valence-electron chi connectivity index (χ4n) is 1.68. The summed E-state index contributed by atoms with van der Waals surface area (Å²) in [5.41, 5.74) is 4.28. The van der Waals surface area contributed by atoms with Crippen molar-refractivity contribution in [3.63, 3.8) is 0 Å². The summed E-state index contributed by atoms with van der Waals surface area (Å²) in [4.78, 5) is 12.9. The van der Waals surface area contributed by atoms with Crippen LogP contribution in [0.1, 0.15) is 17.4 Å². The van der Waals surface area contributed by atoms with E-state index in [1.54, 1.807) is 18.4 Å². The lowest BCUT2D eigenvalue weighted by Crippen LogP contribution is -2.21. The van der Waals surface area contributed by atoms with Crippen molar-refractivity contribution in [1.29, 1.82) is 0 Å². The van der Waals surface area contributed by atoms with Gasteiger partial charge in [0.25, 0.3) is 0 Å². The van der Waals surface area contributed by atoms with Crippen LogP contribution in [0.5, 0.6) is 5.75 Å². The first-order valence-electron chi connectivity index (χ1n) is 6.30. The zero-order valence-corrected chi connectivity index (χ0v) is 14.1. The number of hydrazone groups is 1. The molecule has 0 aliphatic rings. The molecule has 0 fully saturated rings. The molecular weight excluding hydrogens is 352 g/mol. The second-order valence-corrected chi connectivity index (χ2v) is 6.82. The van der Waals surface area contributed by atoms with Crippen LogP contribution in [0.25, 0.3) is 0 Å². The van der Waals surface area contributed by atoms with Gasteiger partial charge in [-0.05, 0) is 52.7 Å². The van der Waals surface area contributed by atoms with Gasteiger partial charge in [-0.2, -0.15) is 5.10 Å². The Kier molecular flexibility index (Phi) is 5.52. The SMILES string of the molecule is COc1ccc(CC(=O)N/N=C(\C)c2ccc(Br)s2)cc1. The molecule has 1 aromatic heterocycles. The first kappa shape index (κ1) is 15.7. The van der Waals surface area contributed by atoms with E-state index in [0.717, 1.165) is 25.7 Å². The molecule has 1 aromatic carbocycles. The highest BCUT2D eigenvalue weighted by Gasteiger charge is 2.05. The van der Waals surface area contributed by atoms with Crippen LogP contribution in [0.15, 0.2) is 45.3 Å². The van der Waals surface area contributed by atoms with Crippen molar-refractivity contribution < 1.29 is 9.53 Å². The molecule has 2 aromatic rings. The normalized spacial score (nSPS) is 11.3. The number of carbonyl (C=O) groups excluding carboxylic acids is 1. The molecule has 1 heterocycles. The number of amides is 1. The molecule has 2 rings (SSSR count). The number of nitrogens with zero attached hydrogens (tertiary/aromatic N) is 1. The molecule has 1 amide bonds. The number of thiophene rings is 1. The zero-order chi connectivity index (χ0) is 15.2. The molecule has 21 heavy (non-hydrogen) atoms. The van der Waals surface area contributed by atoms with E-state index in [0.29, 0.717) is 0 Å². The Hall–Kier alpha value is -1.66. The molecule has 4 nitrogen and oxygen atoms in total. The van der Waals surface area contributed by atoms with Gasteiger partial charge in [0.2, 0.25) is 5.91 Å². The Labute approximate surface area is 136 Å². The van der Waals surface area contributed by atoms with Gasteiger partial charge in [0.05, 0.1) is 27.9 Å². The van der Waals surface area contributed by atoms with E-state index >= 15 is 0 Å². The van der Waals surface area contributed by atoms with Crippen molar-refractivity contribution in [3.05, 3.63) is 50.6 Å². The highest BCUT2D eigenvalue weighted by molar-refractivity contribution is 9.11. The number of methoxy groups -OCH3 is 1. The van der Waals surface area contributed by atoms with Crippen molar-refractivity contribution in [2.75, 3.05) is 7.11 Å². The lowest BCUT2D eigenvalue weighted by molar-refractivity contribution is -0.120. The molecule has 0 unspecified atom stereocenters. The number of halogens is 1. The van der Waals surface area contributed by atoms with Crippen LogP contribution < -0.4 is 10.2 Å². The molecule has 1 N–H and O–H groups in total. The Bertz CT molecular complexity index is 650. The highest BCUT2D eigenvalue weighted by Crippen LogP contribution is 2.22. The molecule has 0 aliphatic carbocycles. The van der Waals surface area contributed by atoms with Crippen molar-refractivity contribution >= 4 is 38.9 Å². The largest absolute Gasteiger partial charge is 0.497 e. The molecule has 0 radical (unpaired) electrons.